The Bertz CT molecular complexity index is 327. The number of amides is 3. The Hall–Kier alpha value is -1.06. The number of imide groups is 1. The molecule has 0 radical (unpaired) electrons. The van der Waals surface area contributed by atoms with E-state index in [0.717, 1.165) is 12.8 Å². The predicted molar refractivity (Wildman–Crippen MR) is 65.4 cm³/mol. The summed E-state index contributed by atoms with van der Waals surface area (Å²) < 4.78 is 0. The number of hydrogen-bond acceptors (Lipinski definition) is 2. The molecule has 0 spiro atoms. The summed E-state index contributed by atoms with van der Waals surface area (Å²) >= 11 is 0. The van der Waals surface area contributed by atoms with Crippen LogP contribution in [0.3, 0.4) is 0 Å². The van der Waals surface area contributed by atoms with Gasteiger partial charge in [0.25, 0.3) is 0 Å². The van der Waals surface area contributed by atoms with Gasteiger partial charge in [-0.25, -0.2) is 4.79 Å². The maximum Gasteiger partial charge on any atom is 0.324 e. The average Bonchev–Trinajstić information content (AvgIpc) is 2.58. The minimum absolute atomic E-state index is 0.158. The monoisotopic (exact) mass is 238 g/mol. The van der Waals surface area contributed by atoms with Crippen LogP contribution < -0.4 is 5.32 Å². The van der Waals surface area contributed by atoms with Crippen molar-refractivity contribution in [3.63, 3.8) is 0 Å². The summed E-state index contributed by atoms with van der Waals surface area (Å²) in [5.74, 6) is 1.68. The van der Waals surface area contributed by atoms with Crippen molar-refractivity contribution in [3.05, 3.63) is 0 Å². The second-order valence-electron chi connectivity index (χ2n) is 5.84. The van der Waals surface area contributed by atoms with Gasteiger partial charge >= 0.3 is 6.03 Å². The Morgan fingerprint density at radius 3 is 2.53 bits per heavy atom. The number of carbonyl (C=O) groups excluding carboxylic acids is 2. The fourth-order valence-electron chi connectivity index (χ4n) is 3.09. The fraction of sp³-hybridized carbons (Fsp3) is 0.846. The van der Waals surface area contributed by atoms with Crippen molar-refractivity contribution in [1.29, 1.82) is 0 Å². The quantitative estimate of drug-likeness (QED) is 0.748. The molecule has 0 aromatic heterocycles. The van der Waals surface area contributed by atoms with Crippen LogP contribution in [-0.4, -0.2) is 29.4 Å². The zero-order valence-electron chi connectivity index (χ0n) is 10.9. The average molecular weight is 238 g/mol. The maximum absolute atomic E-state index is 11.7. The largest absolute Gasteiger partial charge is 0.324 e. The number of urea groups is 1. The summed E-state index contributed by atoms with van der Waals surface area (Å²) in [6.07, 6.45) is 3.45. The van der Waals surface area contributed by atoms with E-state index >= 15 is 0 Å². The van der Waals surface area contributed by atoms with Crippen LogP contribution in [0.2, 0.25) is 0 Å². The second-order valence-corrected chi connectivity index (χ2v) is 5.84. The molecule has 4 nitrogen and oxygen atoms in total. The summed E-state index contributed by atoms with van der Waals surface area (Å²) in [4.78, 5) is 24.7. The zero-order valence-corrected chi connectivity index (χ0v) is 10.9. The van der Waals surface area contributed by atoms with Crippen LogP contribution in [0.25, 0.3) is 0 Å². The fourth-order valence-corrected chi connectivity index (χ4v) is 3.09. The highest BCUT2D eigenvalue weighted by molar-refractivity contribution is 6.02. The van der Waals surface area contributed by atoms with Crippen LogP contribution in [-0.2, 0) is 4.79 Å². The SMILES string of the molecule is CC(C)[C@@H]1CC[C@@H](C)[C@@H](N2CC(=O)NC2=O)C1. The predicted octanol–water partition coefficient (Wildman–Crippen LogP) is 2.00. The molecule has 0 aromatic carbocycles. The van der Waals surface area contributed by atoms with E-state index in [4.69, 9.17) is 0 Å². The van der Waals surface area contributed by atoms with Gasteiger partial charge < -0.3 is 4.90 Å². The molecule has 96 valence electrons. The van der Waals surface area contributed by atoms with E-state index in [1.807, 2.05) is 0 Å². The van der Waals surface area contributed by atoms with Crippen LogP contribution in [0.4, 0.5) is 4.79 Å². The summed E-state index contributed by atoms with van der Waals surface area (Å²) in [7, 11) is 0. The third-order valence-electron chi connectivity index (χ3n) is 4.36. The number of carbonyl (C=O) groups is 2. The Labute approximate surface area is 103 Å². The zero-order chi connectivity index (χ0) is 12.6. The third-order valence-corrected chi connectivity index (χ3v) is 4.36. The lowest BCUT2D eigenvalue weighted by Gasteiger charge is -2.40. The van der Waals surface area contributed by atoms with Crippen molar-refractivity contribution in [2.75, 3.05) is 6.54 Å². The molecule has 17 heavy (non-hydrogen) atoms. The lowest BCUT2D eigenvalue weighted by molar-refractivity contribution is -0.118. The minimum atomic E-state index is -0.198. The van der Waals surface area contributed by atoms with E-state index < -0.39 is 0 Å². The first-order chi connectivity index (χ1) is 7.99. The summed E-state index contributed by atoms with van der Waals surface area (Å²) in [6, 6.07) is 0.0406. The molecule has 2 rings (SSSR count). The van der Waals surface area contributed by atoms with Gasteiger partial charge in [0.2, 0.25) is 5.91 Å². The third kappa shape index (κ3) is 2.45. The number of nitrogens with zero attached hydrogens (tertiary/aromatic N) is 1. The smallest absolute Gasteiger partial charge is 0.312 e. The Kier molecular flexibility index (Phi) is 3.40. The second kappa shape index (κ2) is 4.67. The van der Waals surface area contributed by atoms with Crippen molar-refractivity contribution in [3.8, 4) is 0 Å². The van der Waals surface area contributed by atoms with Gasteiger partial charge in [0.05, 0.1) is 0 Å². The van der Waals surface area contributed by atoms with Crippen LogP contribution in [0.1, 0.15) is 40.0 Å². The van der Waals surface area contributed by atoms with Gasteiger partial charge in [0.1, 0.15) is 6.54 Å². The summed E-state index contributed by atoms with van der Waals surface area (Å²) in [5.41, 5.74) is 0. The highest BCUT2D eigenvalue weighted by atomic mass is 16.2. The van der Waals surface area contributed by atoms with E-state index in [-0.39, 0.29) is 24.5 Å². The molecule has 3 atom stereocenters. The number of hydrogen-bond donors (Lipinski definition) is 1. The van der Waals surface area contributed by atoms with E-state index in [2.05, 4.69) is 26.1 Å². The molecule has 1 saturated heterocycles. The van der Waals surface area contributed by atoms with Crippen molar-refractivity contribution >= 4 is 11.9 Å². The maximum atomic E-state index is 11.7. The van der Waals surface area contributed by atoms with Gasteiger partial charge in [-0.05, 0) is 37.0 Å². The van der Waals surface area contributed by atoms with E-state index in [0.29, 0.717) is 17.8 Å². The van der Waals surface area contributed by atoms with Crippen LogP contribution in [0, 0.1) is 17.8 Å². The van der Waals surface area contributed by atoms with Gasteiger partial charge in [-0.1, -0.05) is 20.8 Å². The summed E-state index contributed by atoms with van der Waals surface area (Å²) in [5, 5.41) is 2.38. The standard InChI is InChI=1S/C13H22N2O2/c1-8(2)10-5-4-9(3)11(6-10)15-7-12(16)14-13(15)17/h8-11H,4-7H2,1-3H3,(H,14,16,17)/t9-,10-,11+/m1/s1. The van der Waals surface area contributed by atoms with Crippen molar-refractivity contribution < 1.29 is 9.59 Å². The molecule has 3 amide bonds. The van der Waals surface area contributed by atoms with E-state index in [9.17, 15) is 9.59 Å². The molecule has 1 heterocycles. The first-order valence-electron chi connectivity index (χ1n) is 6.59. The highest BCUT2D eigenvalue weighted by Gasteiger charge is 2.39. The topological polar surface area (TPSA) is 49.4 Å². The van der Waals surface area contributed by atoms with Gasteiger partial charge in [-0.3, -0.25) is 10.1 Å². The molecule has 2 fully saturated rings. The Balaban J connectivity index is 2.07. The minimum Gasteiger partial charge on any atom is -0.312 e. The Morgan fingerprint density at radius 1 is 1.29 bits per heavy atom. The number of rotatable bonds is 2. The van der Waals surface area contributed by atoms with E-state index in [1.54, 1.807) is 4.90 Å². The lowest BCUT2D eigenvalue weighted by atomic mass is 9.74. The molecule has 1 N–H and O–H groups in total. The van der Waals surface area contributed by atoms with Gasteiger partial charge in [0, 0.05) is 6.04 Å². The molecule has 0 aromatic rings. The molecule has 4 heteroatoms. The van der Waals surface area contributed by atoms with Crippen molar-refractivity contribution in [2.45, 2.75) is 46.1 Å². The van der Waals surface area contributed by atoms with Gasteiger partial charge in [-0.2, -0.15) is 0 Å². The van der Waals surface area contributed by atoms with Gasteiger partial charge in [-0.15, -0.1) is 0 Å². The Morgan fingerprint density at radius 2 is 2.00 bits per heavy atom. The molecular formula is C13H22N2O2. The van der Waals surface area contributed by atoms with E-state index in [1.165, 1.54) is 6.42 Å². The molecule has 1 aliphatic carbocycles. The first kappa shape index (κ1) is 12.4. The molecule has 0 bridgehead atoms. The van der Waals surface area contributed by atoms with Crippen LogP contribution in [0.5, 0.6) is 0 Å². The molecule has 1 aliphatic heterocycles. The summed E-state index contributed by atoms with van der Waals surface area (Å²) in [6.45, 7) is 6.93. The van der Waals surface area contributed by atoms with Crippen LogP contribution >= 0.6 is 0 Å². The molecule has 0 unspecified atom stereocenters. The first-order valence-corrected chi connectivity index (χ1v) is 6.59. The van der Waals surface area contributed by atoms with Crippen LogP contribution in [0.15, 0.2) is 0 Å². The molecular weight excluding hydrogens is 216 g/mol. The highest BCUT2D eigenvalue weighted by Crippen LogP contribution is 2.36. The van der Waals surface area contributed by atoms with Crippen molar-refractivity contribution in [1.82, 2.24) is 10.2 Å². The lowest BCUT2D eigenvalue weighted by Crippen LogP contribution is -2.45. The normalized spacial score (nSPS) is 34.4. The molecule has 1 saturated carbocycles. The van der Waals surface area contributed by atoms with Crippen molar-refractivity contribution in [2.24, 2.45) is 17.8 Å². The molecule has 2 aliphatic rings. The van der Waals surface area contributed by atoms with Gasteiger partial charge in [0.15, 0.2) is 0 Å². The number of nitrogens with one attached hydrogen (secondary N) is 1.